The molecule has 0 aliphatic heterocycles. The Kier molecular flexibility index (Phi) is 12.5. The molecule has 8 nitrogen and oxygen atoms in total. The third kappa shape index (κ3) is 12.6. The van der Waals surface area contributed by atoms with E-state index in [1.54, 1.807) is 54.5 Å². The second kappa shape index (κ2) is 14.5. The van der Waals surface area contributed by atoms with Gasteiger partial charge in [0.2, 0.25) is 0 Å². The summed E-state index contributed by atoms with van der Waals surface area (Å²) in [6, 6.07) is 6.54. The van der Waals surface area contributed by atoms with Gasteiger partial charge >= 0.3 is 18.0 Å². The fourth-order valence-corrected chi connectivity index (χ4v) is 3.26. The molecule has 0 saturated carbocycles. The fourth-order valence-electron chi connectivity index (χ4n) is 3.26. The number of hydrogen-bond donors (Lipinski definition) is 0. The van der Waals surface area contributed by atoms with Gasteiger partial charge in [0.05, 0.1) is 13.2 Å². The summed E-state index contributed by atoms with van der Waals surface area (Å²) in [6.07, 6.45) is 3.77. The minimum Gasteiger partial charge on any atom is -0.494 e. The maximum atomic E-state index is 13.2. The molecule has 0 spiro atoms. The first kappa shape index (κ1) is 31.0. The van der Waals surface area contributed by atoms with Crippen molar-refractivity contribution >= 4 is 18.0 Å². The van der Waals surface area contributed by atoms with Crippen molar-refractivity contribution in [3.8, 4) is 5.75 Å². The van der Waals surface area contributed by atoms with Crippen molar-refractivity contribution < 1.29 is 33.3 Å². The van der Waals surface area contributed by atoms with Crippen molar-refractivity contribution in [2.24, 2.45) is 0 Å². The van der Waals surface area contributed by atoms with E-state index in [-0.39, 0.29) is 19.6 Å². The Morgan fingerprint density at radius 1 is 0.917 bits per heavy atom. The molecule has 0 aromatic heterocycles. The van der Waals surface area contributed by atoms with E-state index in [9.17, 15) is 14.4 Å². The molecule has 0 heterocycles. The zero-order valence-electron chi connectivity index (χ0n) is 23.1. The number of unbranched alkanes of at least 4 members (excludes halogenated alkanes) is 1. The van der Waals surface area contributed by atoms with Gasteiger partial charge in [0, 0.05) is 19.0 Å². The number of carbonyl (C=O) groups excluding carboxylic acids is 3. The number of benzene rings is 1. The van der Waals surface area contributed by atoms with Crippen LogP contribution in [0.1, 0.15) is 73.8 Å². The molecule has 1 amide bonds. The highest BCUT2D eigenvalue weighted by atomic mass is 16.6. The van der Waals surface area contributed by atoms with Crippen molar-refractivity contribution in [2.75, 3.05) is 19.8 Å². The van der Waals surface area contributed by atoms with Crippen molar-refractivity contribution in [1.29, 1.82) is 0 Å². The average Bonchev–Trinajstić information content (AvgIpc) is 2.74. The van der Waals surface area contributed by atoms with Crippen LogP contribution in [0.15, 0.2) is 36.4 Å². The first-order chi connectivity index (χ1) is 16.8. The lowest BCUT2D eigenvalue weighted by atomic mass is 10.0. The topological polar surface area (TPSA) is 91.4 Å². The number of carbonyl (C=O) groups is 3. The predicted molar refractivity (Wildman–Crippen MR) is 139 cm³/mol. The van der Waals surface area contributed by atoms with Crippen LogP contribution in [0, 0.1) is 0 Å². The maximum absolute atomic E-state index is 13.2. The molecular formula is C28H43NO7. The molecule has 1 aromatic carbocycles. The summed E-state index contributed by atoms with van der Waals surface area (Å²) in [5, 5.41) is 0. The molecule has 36 heavy (non-hydrogen) atoms. The van der Waals surface area contributed by atoms with Gasteiger partial charge in [0.25, 0.3) is 0 Å². The van der Waals surface area contributed by atoms with Gasteiger partial charge in [-0.3, -0.25) is 4.90 Å². The van der Waals surface area contributed by atoms with Gasteiger partial charge in [-0.25, -0.2) is 14.4 Å². The quantitative estimate of drug-likeness (QED) is 0.161. The summed E-state index contributed by atoms with van der Waals surface area (Å²) in [7, 11) is 0. The lowest BCUT2D eigenvalue weighted by Gasteiger charge is -2.32. The second-order valence-electron chi connectivity index (χ2n) is 10.3. The molecule has 1 rings (SSSR count). The lowest BCUT2D eigenvalue weighted by Crippen LogP contribution is -2.49. The lowest BCUT2D eigenvalue weighted by molar-refractivity contribution is -0.149. The summed E-state index contributed by atoms with van der Waals surface area (Å²) in [5.74, 6) is -0.192. The van der Waals surface area contributed by atoms with Crippen LogP contribution in [0.25, 0.3) is 0 Å². The van der Waals surface area contributed by atoms with Crippen LogP contribution in [-0.2, 0) is 30.2 Å². The maximum Gasteiger partial charge on any atom is 0.411 e. The Balaban J connectivity index is 3.06. The Bertz CT molecular complexity index is 863. The summed E-state index contributed by atoms with van der Waals surface area (Å²) in [4.78, 5) is 39.4. The summed E-state index contributed by atoms with van der Waals surface area (Å²) in [5.41, 5.74) is -0.442. The number of esters is 2. The van der Waals surface area contributed by atoms with E-state index in [0.717, 1.165) is 11.3 Å². The molecular weight excluding hydrogens is 462 g/mol. The molecule has 8 heteroatoms. The smallest absolute Gasteiger partial charge is 0.411 e. The molecule has 0 radical (unpaired) electrons. The Hall–Kier alpha value is -3.03. The Morgan fingerprint density at radius 3 is 2.06 bits per heavy atom. The standard InChI is InChI=1S/C28H43NO7/c1-9-33-22-17-15-21(16-18-22)20-23(25(31)34-10-2)29(26(32)36-28(6,7)8)19-13-11-12-14-24(30)35-27(3,4)5/h12,14-18,23H,9-11,13,19-20H2,1-8H3/b14-12+/t23-/m0/s1. The minimum absolute atomic E-state index is 0.194. The normalized spacial score (nSPS) is 12.7. The molecule has 0 N–H and O–H groups in total. The molecule has 0 unspecified atom stereocenters. The second-order valence-corrected chi connectivity index (χ2v) is 10.3. The van der Waals surface area contributed by atoms with Crippen LogP contribution in [0.5, 0.6) is 5.75 Å². The fraction of sp³-hybridized carbons (Fsp3) is 0.607. The van der Waals surface area contributed by atoms with E-state index in [4.69, 9.17) is 18.9 Å². The van der Waals surface area contributed by atoms with Crippen molar-refractivity contribution in [1.82, 2.24) is 4.90 Å². The van der Waals surface area contributed by atoms with Gasteiger partial charge in [-0.15, -0.1) is 0 Å². The van der Waals surface area contributed by atoms with Gasteiger partial charge in [-0.05, 0) is 85.9 Å². The first-order valence-electron chi connectivity index (χ1n) is 12.5. The van der Waals surface area contributed by atoms with Crippen LogP contribution < -0.4 is 4.74 Å². The number of rotatable bonds is 12. The van der Waals surface area contributed by atoms with Gasteiger partial charge in [-0.1, -0.05) is 18.2 Å². The predicted octanol–water partition coefficient (Wildman–Crippen LogP) is 5.47. The Labute approximate surface area is 215 Å². The van der Waals surface area contributed by atoms with Crippen LogP contribution in [0.4, 0.5) is 4.79 Å². The minimum atomic E-state index is -0.868. The van der Waals surface area contributed by atoms with E-state index in [1.807, 2.05) is 31.2 Å². The largest absolute Gasteiger partial charge is 0.494 e. The number of hydrogen-bond acceptors (Lipinski definition) is 7. The average molecular weight is 506 g/mol. The van der Waals surface area contributed by atoms with Gasteiger partial charge < -0.3 is 18.9 Å². The molecule has 0 aliphatic carbocycles. The molecule has 0 saturated heterocycles. The molecule has 0 aliphatic rings. The SMILES string of the molecule is CCOC(=O)[C@H](Cc1ccc(OCC)cc1)N(CCC/C=C/C(=O)OC(C)(C)C)C(=O)OC(C)(C)C. The summed E-state index contributed by atoms with van der Waals surface area (Å²) < 4.78 is 21.7. The van der Waals surface area contributed by atoms with E-state index < -0.39 is 35.3 Å². The zero-order chi connectivity index (χ0) is 27.4. The van der Waals surface area contributed by atoms with Gasteiger partial charge in [0.15, 0.2) is 0 Å². The number of ether oxygens (including phenoxy) is 4. The van der Waals surface area contributed by atoms with Crippen molar-refractivity contribution in [3.05, 3.63) is 42.0 Å². The van der Waals surface area contributed by atoms with Crippen LogP contribution in [0.3, 0.4) is 0 Å². The summed E-state index contributed by atoms with van der Waals surface area (Å²) >= 11 is 0. The van der Waals surface area contributed by atoms with E-state index in [0.29, 0.717) is 19.4 Å². The number of nitrogens with zero attached hydrogens (tertiary/aromatic N) is 1. The molecule has 202 valence electrons. The molecule has 0 fully saturated rings. The number of amides is 1. The third-order valence-electron chi connectivity index (χ3n) is 4.66. The zero-order valence-corrected chi connectivity index (χ0v) is 23.1. The highest BCUT2D eigenvalue weighted by Gasteiger charge is 2.34. The summed E-state index contributed by atoms with van der Waals surface area (Å²) in [6.45, 7) is 15.4. The van der Waals surface area contributed by atoms with Crippen LogP contribution in [0.2, 0.25) is 0 Å². The molecule has 1 aromatic rings. The van der Waals surface area contributed by atoms with Crippen LogP contribution in [-0.4, -0.2) is 59.9 Å². The van der Waals surface area contributed by atoms with Crippen LogP contribution >= 0.6 is 0 Å². The highest BCUT2D eigenvalue weighted by molar-refractivity contribution is 5.82. The Morgan fingerprint density at radius 2 is 1.53 bits per heavy atom. The van der Waals surface area contributed by atoms with Gasteiger partial charge in [0.1, 0.15) is 23.0 Å². The molecule has 1 atom stereocenters. The first-order valence-corrected chi connectivity index (χ1v) is 12.5. The van der Waals surface area contributed by atoms with E-state index in [1.165, 1.54) is 11.0 Å². The monoisotopic (exact) mass is 505 g/mol. The number of allylic oxidation sites excluding steroid dienone is 1. The van der Waals surface area contributed by atoms with E-state index in [2.05, 4.69) is 0 Å². The van der Waals surface area contributed by atoms with Gasteiger partial charge in [-0.2, -0.15) is 0 Å². The van der Waals surface area contributed by atoms with Crippen molar-refractivity contribution in [2.45, 2.75) is 91.9 Å². The highest BCUT2D eigenvalue weighted by Crippen LogP contribution is 2.19. The molecule has 0 bridgehead atoms. The third-order valence-corrected chi connectivity index (χ3v) is 4.66. The van der Waals surface area contributed by atoms with Crippen molar-refractivity contribution in [3.63, 3.8) is 0 Å². The van der Waals surface area contributed by atoms with E-state index >= 15 is 0 Å².